The number of benzene rings is 2. The summed E-state index contributed by atoms with van der Waals surface area (Å²) in [7, 11) is 4.67. The lowest BCUT2D eigenvalue weighted by atomic mass is 9.94. The summed E-state index contributed by atoms with van der Waals surface area (Å²) < 4.78 is 22.2. The Morgan fingerprint density at radius 1 is 1.03 bits per heavy atom. The second kappa shape index (κ2) is 10.3. The molecule has 1 N–H and O–H groups in total. The average molecular weight is 455 g/mol. The highest BCUT2D eigenvalue weighted by molar-refractivity contribution is 5.95. The Bertz CT molecular complexity index is 1080. The smallest absolute Gasteiger partial charge is 0.338 e. The lowest BCUT2D eigenvalue weighted by Gasteiger charge is -2.35. The highest BCUT2D eigenvalue weighted by atomic mass is 16.5. The molecule has 0 saturated carbocycles. The number of nitrogens with one attached hydrogen (secondary N) is 1. The van der Waals surface area contributed by atoms with Gasteiger partial charge in [0.2, 0.25) is 0 Å². The maximum Gasteiger partial charge on any atom is 0.338 e. The van der Waals surface area contributed by atoms with Gasteiger partial charge in [0.25, 0.3) is 0 Å². The monoisotopic (exact) mass is 454 g/mol. The van der Waals surface area contributed by atoms with Crippen molar-refractivity contribution < 1.29 is 28.5 Å². The lowest BCUT2D eigenvalue weighted by molar-refractivity contribution is -0.139. The van der Waals surface area contributed by atoms with Crippen LogP contribution < -0.4 is 19.5 Å². The molecule has 8 nitrogen and oxygen atoms in total. The molecule has 0 unspecified atom stereocenters. The summed E-state index contributed by atoms with van der Waals surface area (Å²) in [6.07, 6.45) is 0. The molecule has 1 aliphatic rings. The molecule has 3 rings (SSSR count). The number of hydrogen-bond acceptors (Lipinski definition) is 6. The van der Waals surface area contributed by atoms with Gasteiger partial charge in [-0.3, -0.25) is 4.90 Å². The third-order valence-electron chi connectivity index (χ3n) is 5.68. The average Bonchev–Trinajstić information content (AvgIpc) is 2.81. The maximum absolute atomic E-state index is 13.1. The van der Waals surface area contributed by atoms with Gasteiger partial charge in [0.15, 0.2) is 0 Å². The van der Waals surface area contributed by atoms with Crippen LogP contribution in [-0.2, 0) is 9.53 Å². The predicted molar refractivity (Wildman–Crippen MR) is 124 cm³/mol. The standard InChI is InChI=1S/C25H30N2O6/c1-7-32-24(28)22-20(14-33-18-9-8-15(2)16(3)12-18)27(4)25(29)26-23(22)19-11-10-17(30-5)13-21(19)31-6/h8-13,23H,7,14H2,1-6H3,(H,26,29)/t23-/m1/s1. The molecule has 33 heavy (non-hydrogen) atoms. The Balaban J connectivity index is 2.08. The molecule has 0 aliphatic carbocycles. The minimum Gasteiger partial charge on any atom is -0.497 e. The van der Waals surface area contributed by atoms with E-state index in [0.29, 0.717) is 28.5 Å². The zero-order valence-electron chi connectivity index (χ0n) is 19.9. The van der Waals surface area contributed by atoms with Crippen molar-refractivity contribution in [1.29, 1.82) is 0 Å². The highest BCUT2D eigenvalue weighted by Crippen LogP contribution is 2.37. The number of aryl methyl sites for hydroxylation is 2. The highest BCUT2D eigenvalue weighted by Gasteiger charge is 2.38. The van der Waals surface area contributed by atoms with Crippen LogP contribution in [0.15, 0.2) is 47.7 Å². The molecule has 0 spiro atoms. The van der Waals surface area contributed by atoms with Gasteiger partial charge in [-0.05, 0) is 56.2 Å². The summed E-state index contributed by atoms with van der Waals surface area (Å²) in [4.78, 5) is 27.3. The SMILES string of the molecule is CCOC(=O)C1=C(COc2ccc(C)c(C)c2)N(C)C(=O)N[C@@H]1c1ccc(OC)cc1OC. The number of rotatable bonds is 8. The van der Waals surface area contributed by atoms with Crippen LogP contribution >= 0.6 is 0 Å². The van der Waals surface area contributed by atoms with E-state index in [0.717, 1.165) is 11.1 Å². The van der Waals surface area contributed by atoms with Crippen molar-refractivity contribution in [3.05, 3.63) is 64.4 Å². The van der Waals surface area contributed by atoms with E-state index < -0.39 is 12.0 Å². The van der Waals surface area contributed by atoms with Gasteiger partial charge < -0.3 is 24.3 Å². The Labute approximate surface area is 194 Å². The first-order chi connectivity index (χ1) is 15.8. The van der Waals surface area contributed by atoms with Gasteiger partial charge in [-0.15, -0.1) is 0 Å². The first-order valence-electron chi connectivity index (χ1n) is 10.7. The Morgan fingerprint density at radius 2 is 1.76 bits per heavy atom. The van der Waals surface area contributed by atoms with Crippen LogP contribution in [0.2, 0.25) is 0 Å². The minimum atomic E-state index is -0.785. The fraction of sp³-hybridized carbons (Fsp3) is 0.360. The molecule has 2 aromatic carbocycles. The van der Waals surface area contributed by atoms with Crippen LogP contribution in [0.4, 0.5) is 4.79 Å². The summed E-state index contributed by atoms with van der Waals surface area (Å²) in [5.41, 5.74) is 3.54. The van der Waals surface area contributed by atoms with Crippen molar-refractivity contribution in [2.45, 2.75) is 26.8 Å². The van der Waals surface area contributed by atoms with Crippen molar-refractivity contribution in [3.63, 3.8) is 0 Å². The lowest BCUT2D eigenvalue weighted by Crippen LogP contribution is -2.48. The van der Waals surface area contributed by atoms with Crippen LogP contribution in [0.1, 0.15) is 29.7 Å². The number of nitrogens with zero attached hydrogens (tertiary/aromatic N) is 1. The van der Waals surface area contributed by atoms with Gasteiger partial charge in [0, 0.05) is 18.7 Å². The third-order valence-corrected chi connectivity index (χ3v) is 5.68. The van der Waals surface area contributed by atoms with Gasteiger partial charge in [-0.25, -0.2) is 9.59 Å². The van der Waals surface area contributed by atoms with E-state index >= 15 is 0 Å². The fourth-order valence-electron chi connectivity index (χ4n) is 3.63. The number of esters is 1. The van der Waals surface area contributed by atoms with Crippen LogP contribution in [0, 0.1) is 13.8 Å². The van der Waals surface area contributed by atoms with Crippen molar-refractivity contribution in [2.75, 3.05) is 34.5 Å². The van der Waals surface area contributed by atoms with Crippen LogP contribution in [0.3, 0.4) is 0 Å². The quantitative estimate of drug-likeness (QED) is 0.609. The summed E-state index contributed by atoms with van der Waals surface area (Å²) in [5, 5.41) is 2.88. The summed E-state index contributed by atoms with van der Waals surface area (Å²) >= 11 is 0. The van der Waals surface area contributed by atoms with Gasteiger partial charge in [0.05, 0.1) is 38.1 Å². The number of carbonyl (C=O) groups is 2. The number of carbonyl (C=O) groups excluding carboxylic acids is 2. The zero-order chi connectivity index (χ0) is 24.1. The molecule has 0 radical (unpaired) electrons. The van der Waals surface area contributed by atoms with E-state index in [-0.39, 0.29) is 24.8 Å². The maximum atomic E-state index is 13.1. The number of ether oxygens (including phenoxy) is 4. The Kier molecular flexibility index (Phi) is 7.48. The number of methoxy groups -OCH3 is 2. The first kappa shape index (κ1) is 24.0. The summed E-state index contributed by atoms with van der Waals surface area (Å²) in [5.74, 6) is 1.17. The second-order valence-corrected chi connectivity index (χ2v) is 7.66. The topological polar surface area (TPSA) is 86.3 Å². The van der Waals surface area contributed by atoms with E-state index in [1.54, 1.807) is 39.3 Å². The van der Waals surface area contributed by atoms with Gasteiger partial charge in [-0.1, -0.05) is 6.07 Å². The first-order valence-corrected chi connectivity index (χ1v) is 10.7. The summed E-state index contributed by atoms with van der Waals surface area (Å²) in [6, 6.07) is 9.80. The van der Waals surface area contributed by atoms with Gasteiger partial charge >= 0.3 is 12.0 Å². The molecular formula is C25H30N2O6. The molecule has 0 bridgehead atoms. The van der Waals surface area contributed by atoms with Crippen molar-refractivity contribution in [2.24, 2.45) is 0 Å². The van der Waals surface area contributed by atoms with Gasteiger partial charge in [-0.2, -0.15) is 0 Å². The molecular weight excluding hydrogens is 424 g/mol. The summed E-state index contributed by atoms with van der Waals surface area (Å²) in [6.45, 7) is 5.95. The number of hydrogen-bond donors (Lipinski definition) is 1. The van der Waals surface area contributed by atoms with Crippen LogP contribution in [0.5, 0.6) is 17.2 Å². The molecule has 1 atom stereocenters. The normalized spacial score (nSPS) is 15.8. The number of urea groups is 1. The van der Waals surface area contributed by atoms with E-state index in [1.165, 1.54) is 12.0 Å². The van der Waals surface area contributed by atoms with Gasteiger partial charge in [0.1, 0.15) is 23.9 Å². The largest absolute Gasteiger partial charge is 0.497 e. The van der Waals surface area contributed by atoms with Crippen molar-refractivity contribution in [1.82, 2.24) is 10.2 Å². The number of amides is 2. The Morgan fingerprint density at radius 3 is 2.39 bits per heavy atom. The fourth-order valence-corrected chi connectivity index (χ4v) is 3.63. The van der Waals surface area contributed by atoms with E-state index in [1.807, 2.05) is 32.0 Å². The van der Waals surface area contributed by atoms with E-state index in [4.69, 9.17) is 18.9 Å². The molecule has 2 amide bonds. The van der Waals surface area contributed by atoms with Crippen molar-refractivity contribution in [3.8, 4) is 17.2 Å². The van der Waals surface area contributed by atoms with E-state index in [2.05, 4.69) is 5.32 Å². The van der Waals surface area contributed by atoms with Crippen LogP contribution in [0.25, 0.3) is 0 Å². The molecule has 1 aliphatic heterocycles. The molecule has 176 valence electrons. The molecule has 8 heteroatoms. The molecule has 0 aromatic heterocycles. The van der Waals surface area contributed by atoms with Crippen LogP contribution in [-0.4, -0.2) is 51.4 Å². The molecule has 0 saturated heterocycles. The minimum absolute atomic E-state index is 0.00946. The van der Waals surface area contributed by atoms with Crippen molar-refractivity contribution >= 4 is 12.0 Å². The molecule has 1 heterocycles. The molecule has 2 aromatic rings. The third kappa shape index (κ3) is 5.05. The molecule has 0 fully saturated rings. The predicted octanol–water partition coefficient (Wildman–Crippen LogP) is 3.91. The second-order valence-electron chi connectivity index (χ2n) is 7.66. The van der Waals surface area contributed by atoms with E-state index in [9.17, 15) is 9.59 Å². The Hall–Kier alpha value is -3.68. The number of likely N-dealkylation sites (N-methyl/N-ethyl adjacent to an activating group) is 1. The zero-order valence-corrected chi connectivity index (χ0v) is 19.9.